The number of sulfonamides is 1. The second-order valence-electron chi connectivity index (χ2n) is 4.99. The van der Waals surface area contributed by atoms with E-state index < -0.39 is 22.2 Å². The summed E-state index contributed by atoms with van der Waals surface area (Å²) in [6.07, 6.45) is 2.33. The molecule has 1 saturated carbocycles. The molecule has 2 N–H and O–H groups in total. The van der Waals surface area contributed by atoms with Crippen molar-refractivity contribution in [2.24, 2.45) is 0 Å². The van der Waals surface area contributed by atoms with Gasteiger partial charge in [-0.05, 0) is 12.8 Å². The lowest BCUT2D eigenvalue weighted by Gasteiger charge is -2.33. The zero-order chi connectivity index (χ0) is 15.6. The van der Waals surface area contributed by atoms with Crippen molar-refractivity contribution in [3.05, 3.63) is 0 Å². The molecule has 1 aliphatic rings. The number of aliphatic hydroxyl groups excluding tert-OH is 1. The Hall–Kier alpha value is -1.10. The molecule has 1 heterocycles. The maximum absolute atomic E-state index is 12.5. The molecule has 1 fully saturated rings. The summed E-state index contributed by atoms with van der Waals surface area (Å²) < 4.78 is 25.9. The third kappa shape index (κ3) is 3.57. The van der Waals surface area contributed by atoms with Gasteiger partial charge in [0.25, 0.3) is 10.0 Å². The zero-order valence-corrected chi connectivity index (χ0v) is 13.4. The molecule has 118 valence electrons. The predicted octanol–water partition coefficient (Wildman–Crippen LogP) is 0.420. The van der Waals surface area contributed by atoms with Crippen LogP contribution >= 0.6 is 11.3 Å². The van der Waals surface area contributed by atoms with Crippen LogP contribution in [0.4, 0.5) is 5.13 Å². The first kappa shape index (κ1) is 16.3. The average Bonchev–Trinajstić information content (AvgIpc) is 2.87. The monoisotopic (exact) mass is 334 g/mol. The minimum atomic E-state index is -3.82. The van der Waals surface area contributed by atoms with E-state index in [4.69, 9.17) is 0 Å². The maximum atomic E-state index is 12.5. The van der Waals surface area contributed by atoms with Crippen molar-refractivity contribution < 1.29 is 18.3 Å². The number of carbonyl (C=O) groups excluding carboxylic acids is 1. The van der Waals surface area contributed by atoms with E-state index >= 15 is 0 Å². The zero-order valence-electron chi connectivity index (χ0n) is 11.8. The number of hydrogen-bond donors (Lipinski definition) is 2. The third-order valence-corrected chi connectivity index (χ3v) is 6.52. The van der Waals surface area contributed by atoms with Crippen molar-refractivity contribution in [2.45, 2.75) is 49.1 Å². The molecule has 8 nitrogen and oxygen atoms in total. The van der Waals surface area contributed by atoms with E-state index in [9.17, 15) is 18.3 Å². The quantitative estimate of drug-likeness (QED) is 0.772. The van der Waals surface area contributed by atoms with Crippen LogP contribution in [0.1, 0.15) is 32.6 Å². The number of rotatable bonds is 4. The molecule has 0 radical (unpaired) electrons. The normalized spacial score (nSPS) is 23.2. The Morgan fingerprint density at radius 1 is 1.38 bits per heavy atom. The molecule has 0 aromatic carbocycles. The highest BCUT2D eigenvalue weighted by molar-refractivity contribution is 7.91. The first-order chi connectivity index (χ1) is 9.82. The topological polar surface area (TPSA) is 112 Å². The van der Waals surface area contributed by atoms with Crippen molar-refractivity contribution in [1.82, 2.24) is 14.5 Å². The standard InChI is InChI=1S/C11H18N4O4S2/c1-7(16)12-10-13-14-11(20-10)21(18,19)15(2)8-5-3-4-6-9(8)17/h8-9,17H,3-6H2,1-2H3,(H,12,13,16)/t8-,9-/m0/s1. The first-order valence-electron chi connectivity index (χ1n) is 6.59. The molecule has 10 heteroatoms. The molecule has 1 aromatic heterocycles. The summed E-state index contributed by atoms with van der Waals surface area (Å²) in [4.78, 5) is 10.9. The molecule has 21 heavy (non-hydrogen) atoms. The number of nitrogens with one attached hydrogen (secondary N) is 1. The van der Waals surface area contributed by atoms with Gasteiger partial charge in [-0.1, -0.05) is 24.2 Å². The fourth-order valence-corrected chi connectivity index (χ4v) is 4.86. The molecule has 0 aliphatic heterocycles. The minimum absolute atomic E-state index is 0.138. The number of hydrogen-bond acceptors (Lipinski definition) is 7. The van der Waals surface area contributed by atoms with Gasteiger partial charge in [0.05, 0.1) is 12.1 Å². The van der Waals surface area contributed by atoms with Crippen LogP contribution in [0, 0.1) is 0 Å². The van der Waals surface area contributed by atoms with Gasteiger partial charge in [0.15, 0.2) is 0 Å². The molecule has 1 amide bonds. The SMILES string of the molecule is CC(=O)Nc1nnc(S(=O)(=O)N(C)[C@H]2CCCC[C@@H]2O)s1. The lowest BCUT2D eigenvalue weighted by molar-refractivity contribution is -0.114. The van der Waals surface area contributed by atoms with E-state index in [1.807, 2.05) is 0 Å². The Morgan fingerprint density at radius 3 is 2.67 bits per heavy atom. The van der Waals surface area contributed by atoms with E-state index in [1.54, 1.807) is 0 Å². The van der Waals surface area contributed by atoms with Crippen LogP contribution in [0.3, 0.4) is 0 Å². The van der Waals surface area contributed by atoms with E-state index in [-0.39, 0.29) is 15.4 Å². The summed E-state index contributed by atoms with van der Waals surface area (Å²) in [5.41, 5.74) is 0. The van der Waals surface area contributed by atoms with Crippen molar-refractivity contribution in [1.29, 1.82) is 0 Å². The summed E-state index contributed by atoms with van der Waals surface area (Å²) >= 11 is 0.796. The van der Waals surface area contributed by atoms with Crippen molar-refractivity contribution in [3.63, 3.8) is 0 Å². The van der Waals surface area contributed by atoms with Crippen molar-refractivity contribution in [3.8, 4) is 0 Å². The number of nitrogens with zero attached hydrogens (tertiary/aromatic N) is 3. The number of aromatic nitrogens is 2. The van der Waals surface area contributed by atoms with Crippen LogP contribution in [0.15, 0.2) is 4.34 Å². The molecule has 0 spiro atoms. The van der Waals surface area contributed by atoms with Crippen LogP contribution in [-0.4, -0.2) is 53.1 Å². The van der Waals surface area contributed by atoms with Crippen molar-refractivity contribution in [2.75, 3.05) is 12.4 Å². The first-order valence-corrected chi connectivity index (χ1v) is 8.85. The summed E-state index contributed by atoms with van der Waals surface area (Å²) in [6, 6.07) is -0.447. The van der Waals surface area contributed by atoms with Gasteiger partial charge in [0.2, 0.25) is 15.4 Å². The molecule has 2 atom stereocenters. The third-order valence-electron chi connectivity index (χ3n) is 3.45. The number of aliphatic hydroxyl groups is 1. The Balaban J connectivity index is 2.20. The van der Waals surface area contributed by atoms with Crippen LogP contribution in [0.5, 0.6) is 0 Å². The molecule has 1 aliphatic carbocycles. The Kier molecular flexibility index (Phi) is 4.91. The number of amides is 1. The second kappa shape index (κ2) is 6.34. The molecule has 0 saturated heterocycles. The highest BCUT2D eigenvalue weighted by Gasteiger charge is 2.36. The molecular weight excluding hydrogens is 316 g/mol. The fourth-order valence-electron chi connectivity index (χ4n) is 2.33. The predicted molar refractivity (Wildman–Crippen MR) is 77.4 cm³/mol. The second-order valence-corrected chi connectivity index (χ2v) is 8.14. The van der Waals surface area contributed by atoms with Gasteiger partial charge in [-0.3, -0.25) is 4.79 Å². The number of anilines is 1. The maximum Gasteiger partial charge on any atom is 0.272 e. The van der Waals surface area contributed by atoms with Crippen LogP contribution in [0.25, 0.3) is 0 Å². The van der Waals surface area contributed by atoms with E-state index in [1.165, 1.54) is 14.0 Å². The van der Waals surface area contributed by atoms with E-state index in [0.29, 0.717) is 12.8 Å². The van der Waals surface area contributed by atoms with Crippen LogP contribution in [-0.2, 0) is 14.8 Å². The van der Waals surface area contributed by atoms with Gasteiger partial charge in [0.1, 0.15) is 0 Å². The van der Waals surface area contributed by atoms with Gasteiger partial charge in [-0.25, -0.2) is 8.42 Å². The summed E-state index contributed by atoms with van der Waals surface area (Å²) in [6.45, 7) is 1.31. The highest BCUT2D eigenvalue weighted by atomic mass is 32.2. The largest absolute Gasteiger partial charge is 0.391 e. The number of likely N-dealkylation sites (N-methyl/N-ethyl adjacent to an activating group) is 1. The summed E-state index contributed by atoms with van der Waals surface area (Å²) in [5.74, 6) is -0.342. The Morgan fingerprint density at radius 2 is 2.05 bits per heavy atom. The highest BCUT2D eigenvalue weighted by Crippen LogP contribution is 2.29. The lowest BCUT2D eigenvalue weighted by atomic mass is 9.93. The lowest BCUT2D eigenvalue weighted by Crippen LogP contribution is -2.46. The van der Waals surface area contributed by atoms with Gasteiger partial charge < -0.3 is 10.4 Å². The minimum Gasteiger partial charge on any atom is -0.391 e. The molecule has 0 unspecified atom stereocenters. The molecule has 0 bridgehead atoms. The van der Waals surface area contributed by atoms with Crippen LogP contribution < -0.4 is 5.32 Å². The fraction of sp³-hybridized carbons (Fsp3) is 0.727. The van der Waals surface area contributed by atoms with Gasteiger partial charge in [-0.15, -0.1) is 10.2 Å². The number of carbonyl (C=O) groups is 1. The smallest absolute Gasteiger partial charge is 0.272 e. The Bertz CT molecular complexity index is 615. The van der Waals surface area contributed by atoms with Crippen LogP contribution in [0.2, 0.25) is 0 Å². The summed E-state index contributed by atoms with van der Waals surface area (Å²) in [5, 5.41) is 19.8. The molecule has 1 aromatic rings. The summed E-state index contributed by atoms with van der Waals surface area (Å²) in [7, 11) is -2.38. The van der Waals surface area contributed by atoms with Gasteiger partial charge >= 0.3 is 0 Å². The molecular formula is C11H18N4O4S2. The van der Waals surface area contributed by atoms with E-state index in [2.05, 4.69) is 15.5 Å². The molecule has 2 rings (SSSR count). The average molecular weight is 334 g/mol. The van der Waals surface area contributed by atoms with E-state index in [0.717, 1.165) is 28.5 Å². The van der Waals surface area contributed by atoms with Gasteiger partial charge in [-0.2, -0.15) is 4.31 Å². The van der Waals surface area contributed by atoms with Gasteiger partial charge in [0, 0.05) is 14.0 Å². The van der Waals surface area contributed by atoms with Crippen molar-refractivity contribution >= 4 is 32.4 Å². The Labute approximate surface area is 127 Å².